The lowest BCUT2D eigenvalue weighted by Crippen LogP contribution is -2.43. The van der Waals surface area contributed by atoms with E-state index >= 15 is 0 Å². The van der Waals surface area contributed by atoms with Gasteiger partial charge in [0, 0.05) is 32.1 Å². The van der Waals surface area contributed by atoms with Crippen LogP contribution in [0.3, 0.4) is 0 Å². The molecule has 1 aliphatic rings. The summed E-state index contributed by atoms with van der Waals surface area (Å²) in [5.41, 5.74) is 0.927. The van der Waals surface area contributed by atoms with Crippen LogP contribution in [0.5, 0.6) is 0 Å². The lowest BCUT2D eigenvalue weighted by molar-refractivity contribution is -0.119. The van der Waals surface area contributed by atoms with E-state index in [1.54, 1.807) is 10.9 Å². The van der Waals surface area contributed by atoms with Gasteiger partial charge in [0.05, 0.1) is 17.1 Å². The number of piperidine rings is 1. The fourth-order valence-electron chi connectivity index (χ4n) is 2.66. The van der Waals surface area contributed by atoms with Gasteiger partial charge in [-0.1, -0.05) is 13.8 Å². The highest BCUT2D eigenvalue weighted by Gasteiger charge is 2.30. The lowest BCUT2D eigenvalue weighted by Gasteiger charge is -2.31. The SMILES string of the molecule is CCN(CC)CCS[C@@H]1CCCN(c2cnn(C)c2)C1=O. The zero-order chi connectivity index (χ0) is 15.2. The molecule has 21 heavy (non-hydrogen) atoms. The molecule has 1 aliphatic heterocycles. The molecule has 0 unspecified atom stereocenters. The van der Waals surface area contributed by atoms with Gasteiger partial charge in [0.1, 0.15) is 0 Å². The second-order valence-electron chi connectivity index (χ2n) is 5.39. The van der Waals surface area contributed by atoms with Crippen LogP contribution >= 0.6 is 11.8 Å². The number of rotatable bonds is 7. The van der Waals surface area contributed by atoms with E-state index < -0.39 is 0 Å². The van der Waals surface area contributed by atoms with Gasteiger partial charge >= 0.3 is 0 Å². The molecule has 0 aliphatic carbocycles. The van der Waals surface area contributed by atoms with Crippen LogP contribution in [0.1, 0.15) is 26.7 Å². The zero-order valence-corrected chi connectivity index (χ0v) is 14.1. The molecule has 118 valence electrons. The molecule has 0 bridgehead atoms. The third kappa shape index (κ3) is 4.23. The predicted octanol–water partition coefficient (Wildman–Crippen LogP) is 1.99. The second-order valence-corrected chi connectivity index (χ2v) is 6.70. The summed E-state index contributed by atoms with van der Waals surface area (Å²) in [6.07, 6.45) is 5.77. The molecule has 1 atom stereocenters. The van der Waals surface area contributed by atoms with Crippen LogP contribution in [0.25, 0.3) is 0 Å². The van der Waals surface area contributed by atoms with E-state index in [1.165, 1.54) is 0 Å². The van der Waals surface area contributed by atoms with E-state index in [0.29, 0.717) is 0 Å². The minimum absolute atomic E-state index is 0.106. The Morgan fingerprint density at radius 2 is 2.19 bits per heavy atom. The van der Waals surface area contributed by atoms with E-state index in [0.717, 1.165) is 50.5 Å². The summed E-state index contributed by atoms with van der Waals surface area (Å²) in [5.74, 6) is 1.28. The Labute approximate surface area is 131 Å². The molecule has 5 nitrogen and oxygen atoms in total. The van der Waals surface area contributed by atoms with Crippen molar-refractivity contribution in [2.24, 2.45) is 7.05 Å². The van der Waals surface area contributed by atoms with Gasteiger partial charge in [-0.3, -0.25) is 9.48 Å². The van der Waals surface area contributed by atoms with Crippen LogP contribution in [-0.2, 0) is 11.8 Å². The zero-order valence-electron chi connectivity index (χ0n) is 13.3. The first-order valence-corrected chi connectivity index (χ1v) is 8.84. The molecule has 1 aromatic rings. The van der Waals surface area contributed by atoms with Crippen LogP contribution in [0.2, 0.25) is 0 Å². The minimum atomic E-state index is 0.106. The summed E-state index contributed by atoms with van der Waals surface area (Å²) in [7, 11) is 1.88. The lowest BCUT2D eigenvalue weighted by atomic mass is 10.1. The highest BCUT2D eigenvalue weighted by Crippen LogP contribution is 2.27. The molecule has 2 rings (SSSR count). The fourth-order valence-corrected chi connectivity index (χ4v) is 3.92. The Morgan fingerprint density at radius 1 is 1.43 bits per heavy atom. The maximum atomic E-state index is 12.6. The average Bonchev–Trinajstić information content (AvgIpc) is 2.91. The quantitative estimate of drug-likeness (QED) is 0.772. The molecule has 0 N–H and O–H groups in total. The molecule has 0 saturated carbocycles. The molecule has 1 aromatic heterocycles. The van der Waals surface area contributed by atoms with Crippen molar-refractivity contribution in [2.45, 2.75) is 31.9 Å². The van der Waals surface area contributed by atoms with Crippen molar-refractivity contribution in [2.75, 3.05) is 36.8 Å². The van der Waals surface area contributed by atoms with Gasteiger partial charge in [-0.2, -0.15) is 5.10 Å². The Kier molecular flexibility index (Phi) is 6.11. The Morgan fingerprint density at radius 3 is 2.81 bits per heavy atom. The van der Waals surface area contributed by atoms with Crippen molar-refractivity contribution >= 4 is 23.4 Å². The second kappa shape index (κ2) is 7.84. The van der Waals surface area contributed by atoms with Gasteiger partial charge in [-0.25, -0.2) is 0 Å². The van der Waals surface area contributed by atoms with Gasteiger partial charge in [-0.05, 0) is 25.9 Å². The molecule has 0 aromatic carbocycles. The van der Waals surface area contributed by atoms with Crippen molar-refractivity contribution in [3.05, 3.63) is 12.4 Å². The molecule has 2 heterocycles. The largest absolute Gasteiger partial charge is 0.309 e. The summed E-state index contributed by atoms with van der Waals surface area (Å²) < 4.78 is 1.75. The number of thioether (sulfide) groups is 1. The number of nitrogens with zero attached hydrogens (tertiary/aromatic N) is 4. The van der Waals surface area contributed by atoms with E-state index in [-0.39, 0.29) is 11.2 Å². The Hall–Kier alpha value is -1.01. The number of anilines is 1. The standard InChI is InChI=1S/C15H26N4OS/c1-4-18(5-2)9-10-21-14-7-6-8-19(15(14)20)13-11-16-17(3)12-13/h11-12,14H,4-10H2,1-3H3/t14-/m1/s1. The molecular formula is C15H26N4OS. The van der Waals surface area contributed by atoms with Crippen LogP contribution < -0.4 is 4.90 Å². The topological polar surface area (TPSA) is 41.4 Å². The summed E-state index contributed by atoms with van der Waals surface area (Å²) in [6, 6.07) is 0. The molecule has 1 fully saturated rings. The van der Waals surface area contributed by atoms with Crippen LogP contribution in [0.15, 0.2) is 12.4 Å². The molecule has 0 spiro atoms. The Bertz CT molecular complexity index is 458. The highest BCUT2D eigenvalue weighted by atomic mass is 32.2. The first-order valence-electron chi connectivity index (χ1n) is 7.79. The van der Waals surface area contributed by atoms with Gasteiger partial charge in [0.25, 0.3) is 0 Å². The number of carbonyl (C=O) groups is 1. The molecule has 1 amide bonds. The third-order valence-electron chi connectivity index (χ3n) is 4.01. The van der Waals surface area contributed by atoms with Crippen LogP contribution in [-0.4, -0.2) is 57.8 Å². The van der Waals surface area contributed by atoms with E-state index in [4.69, 9.17) is 0 Å². The molecular weight excluding hydrogens is 284 g/mol. The first kappa shape index (κ1) is 16.4. The van der Waals surface area contributed by atoms with Crippen LogP contribution in [0.4, 0.5) is 5.69 Å². The van der Waals surface area contributed by atoms with Crippen molar-refractivity contribution in [3.63, 3.8) is 0 Å². The summed E-state index contributed by atoms with van der Waals surface area (Å²) in [5, 5.41) is 4.27. The van der Waals surface area contributed by atoms with Crippen molar-refractivity contribution in [1.82, 2.24) is 14.7 Å². The third-order valence-corrected chi connectivity index (χ3v) is 5.27. The van der Waals surface area contributed by atoms with Gasteiger partial charge in [-0.15, -0.1) is 11.8 Å². The number of aromatic nitrogens is 2. The fraction of sp³-hybridized carbons (Fsp3) is 0.733. The normalized spacial score (nSPS) is 19.5. The number of hydrogen-bond donors (Lipinski definition) is 0. The predicted molar refractivity (Wildman–Crippen MR) is 88.8 cm³/mol. The number of carbonyl (C=O) groups excluding carboxylic acids is 1. The summed E-state index contributed by atoms with van der Waals surface area (Å²) >= 11 is 1.81. The summed E-state index contributed by atoms with van der Waals surface area (Å²) in [6.45, 7) is 8.41. The average molecular weight is 310 g/mol. The maximum Gasteiger partial charge on any atom is 0.240 e. The van der Waals surface area contributed by atoms with E-state index in [9.17, 15) is 4.79 Å². The maximum absolute atomic E-state index is 12.6. The highest BCUT2D eigenvalue weighted by molar-refractivity contribution is 8.00. The van der Waals surface area contributed by atoms with Gasteiger partial charge < -0.3 is 9.80 Å². The van der Waals surface area contributed by atoms with Gasteiger partial charge in [0.2, 0.25) is 5.91 Å². The smallest absolute Gasteiger partial charge is 0.240 e. The first-order chi connectivity index (χ1) is 10.2. The summed E-state index contributed by atoms with van der Waals surface area (Å²) in [4.78, 5) is 16.9. The monoisotopic (exact) mass is 310 g/mol. The number of hydrogen-bond acceptors (Lipinski definition) is 4. The Balaban J connectivity index is 1.88. The molecule has 0 radical (unpaired) electrons. The number of amides is 1. The van der Waals surface area contributed by atoms with E-state index in [2.05, 4.69) is 23.8 Å². The number of aryl methyl sites for hydroxylation is 1. The van der Waals surface area contributed by atoms with Crippen molar-refractivity contribution < 1.29 is 4.79 Å². The van der Waals surface area contributed by atoms with E-state index in [1.807, 2.05) is 29.9 Å². The minimum Gasteiger partial charge on any atom is -0.309 e. The molecule has 6 heteroatoms. The van der Waals surface area contributed by atoms with Crippen LogP contribution in [0, 0.1) is 0 Å². The van der Waals surface area contributed by atoms with Crippen molar-refractivity contribution in [1.29, 1.82) is 0 Å². The van der Waals surface area contributed by atoms with Gasteiger partial charge in [0.15, 0.2) is 0 Å². The molecule has 1 saturated heterocycles. The van der Waals surface area contributed by atoms with Crippen molar-refractivity contribution in [3.8, 4) is 0 Å².